The van der Waals surface area contributed by atoms with Crippen LogP contribution in [0.3, 0.4) is 0 Å². The molecule has 4 rings (SSSR count). The molecule has 34 heavy (non-hydrogen) atoms. The standard InChI is InChI=1S/C22H17F2N7O3/c1-33-17-9-13(14(23)10-18(17)34-2)19(28-16-5-4-12(11-25)8-15(16)24)20-29-22(32)31(30-20)21-26-6-3-7-27-21/h3-10,19,28H,1-2H3,(H,29,30,32). The third-order valence-corrected chi connectivity index (χ3v) is 4.86. The number of aromatic nitrogens is 5. The van der Waals surface area contributed by atoms with Crippen LogP contribution in [0.15, 0.2) is 53.6 Å². The van der Waals surface area contributed by atoms with E-state index in [0.29, 0.717) is 0 Å². The van der Waals surface area contributed by atoms with Gasteiger partial charge in [-0.2, -0.15) is 5.26 Å². The van der Waals surface area contributed by atoms with Crippen LogP contribution in [0.4, 0.5) is 14.5 Å². The molecule has 0 aliphatic rings. The summed E-state index contributed by atoms with van der Waals surface area (Å²) >= 11 is 0. The molecule has 0 aliphatic carbocycles. The molecule has 4 aromatic rings. The zero-order chi connectivity index (χ0) is 24.2. The highest BCUT2D eigenvalue weighted by atomic mass is 19.1. The number of nitrogens with zero attached hydrogens (tertiary/aromatic N) is 5. The van der Waals surface area contributed by atoms with E-state index in [9.17, 15) is 9.18 Å². The molecule has 2 N–H and O–H groups in total. The zero-order valence-corrected chi connectivity index (χ0v) is 17.9. The van der Waals surface area contributed by atoms with Crippen molar-refractivity contribution in [2.75, 3.05) is 19.5 Å². The van der Waals surface area contributed by atoms with Crippen LogP contribution in [-0.4, -0.2) is 39.0 Å². The number of rotatable bonds is 7. The molecule has 2 aromatic heterocycles. The lowest BCUT2D eigenvalue weighted by molar-refractivity contribution is 0.351. The average molecular weight is 465 g/mol. The first-order valence-electron chi connectivity index (χ1n) is 9.79. The predicted octanol–water partition coefficient (Wildman–Crippen LogP) is 2.72. The second kappa shape index (κ2) is 9.37. The van der Waals surface area contributed by atoms with Crippen molar-refractivity contribution in [2.24, 2.45) is 0 Å². The lowest BCUT2D eigenvalue weighted by Gasteiger charge is -2.20. The van der Waals surface area contributed by atoms with Crippen molar-refractivity contribution in [2.45, 2.75) is 6.04 Å². The molecule has 0 aliphatic heterocycles. The molecular weight excluding hydrogens is 448 g/mol. The molecule has 2 heterocycles. The first kappa shape index (κ1) is 22.4. The molecule has 1 atom stereocenters. The SMILES string of the molecule is COc1cc(F)c(C(Nc2ccc(C#N)cc2F)c2nn(-c3ncccn3)c(=O)[nH]2)cc1OC. The van der Waals surface area contributed by atoms with E-state index < -0.39 is 23.4 Å². The summed E-state index contributed by atoms with van der Waals surface area (Å²) in [6.45, 7) is 0. The van der Waals surface area contributed by atoms with Crippen molar-refractivity contribution in [3.05, 3.63) is 87.9 Å². The summed E-state index contributed by atoms with van der Waals surface area (Å²) in [7, 11) is 2.74. The Hall–Kier alpha value is -4.79. The van der Waals surface area contributed by atoms with E-state index >= 15 is 4.39 Å². The van der Waals surface area contributed by atoms with E-state index in [2.05, 4.69) is 25.4 Å². The lowest BCUT2D eigenvalue weighted by atomic mass is 10.0. The first-order chi connectivity index (χ1) is 16.4. The Kier molecular flexibility index (Phi) is 6.18. The van der Waals surface area contributed by atoms with E-state index in [-0.39, 0.29) is 40.1 Å². The Balaban J connectivity index is 1.87. The highest BCUT2D eigenvalue weighted by molar-refractivity contribution is 5.54. The fraction of sp³-hybridized carbons (Fsp3) is 0.136. The van der Waals surface area contributed by atoms with Crippen molar-refractivity contribution in [1.82, 2.24) is 24.7 Å². The van der Waals surface area contributed by atoms with Gasteiger partial charge in [0.25, 0.3) is 5.95 Å². The number of nitrogens with one attached hydrogen (secondary N) is 2. The number of benzene rings is 2. The Bertz CT molecular complexity index is 1430. The molecule has 172 valence electrons. The van der Waals surface area contributed by atoms with Gasteiger partial charge in [0.2, 0.25) is 0 Å². The van der Waals surface area contributed by atoms with Gasteiger partial charge in [-0.1, -0.05) is 0 Å². The molecule has 0 fully saturated rings. The van der Waals surface area contributed by atoms with Crippen LogP contribution in [-0.2, 0) is 0 Å². The van der Waals surface area contributed by atoms with Crippen LogP contribution >= 0.6 is 0 Å². The number of halogens is 2. The second-order valence-electron chi connectivity index (χ2n) is 6.89. The average Bonchev–Trinajstić information content (AvgIpc) is 3.25. The molecule has 0 saturated heterocycles. The Labute approximate surface area is 191 Å². The van der Waals surface area contributed by atoms with Gasteiger partial charge in [-0.15, -0.1) is 9.78 Å². The maximum atomic E-state index is 15.2. The van der Waals surface area contributed by atoms with E-state index in [1.165, 1.54) is 44.8 Å². The molecule has 0 amide bonds. The van der Waals surface area contributed by atoms with Crippen molar-refractivity contribution in [1.29, 1.82) is 5.26 Å². The number of methoxy groups -OCH3 is 2. The number of aromatic amines is 1. The van der Waals surface area contributed by atoms with Gasteiger partial charge in [-0.25, -0.2) is 23.5 Å². The van der Waals surface area contributed by atoms with Crippen LogP contribution in [0.2, 0.25) is 0 Å². The number of ether oxygens (including phenoxy) is 2. The quantitative estimate of drug-likeness (QED) is 0.426. The third-order valence-electron chi connectivity index (χ3n) is 4.86. The van der Waals surface area contributed by atoms with E-state index in [4.69, 9.17) is 14.7 Å². The van der Waals surface area contributed by atoms with Gasteiger partial charge in [0.1, 0.15) is 17.7 Å². The molecule has 12 heteroatoms. The molecule has 0 radical (unpaired) electrons. The van der Waals surface area contributed by atoms with Crippen molar-refractivity contribution >= 4 is 5.69 Å². The predicted molar refractivity (Wildman–Crippen MR) is 116 cm³/mol. The van der Waals surface area contributed by atoms with Crippen LogP contribution in [0.25, 0.3) is 5.95 Å². The molecule has 2 aromatic carbocycles. The highest BCUT2D eigenvalue weighted by Crippen LogP contribution is 2.35. The summed E-state index contributed by atoms with van der Waals surface area (Å²) in [5.74, 6) is -1.19. The second-order valence-corrected chi connectivity index (χ2v) is 6.89. The number of hydrogen-bond acceptors (Lipinski definition) is 8. The minimum absolute atomic E-state index is 0.00825. The van der Waals surface area contributed by atoms with Crippen LogP contribution in [0.5, 0.6) is 11.5 Å². The summed E-state index contributed by atoms with van der Waals surface area (Å²) in [6, 6.07) is 8.44. The van der Waals surface area contributed by atoms with Gasteiger partial charge in [-0.3, -0.25) is 4.98 Å². The van der Waals surface area contributed by atoms with Gasteiger partial charge >= 0.3 is 5.69 Å². The summed E-state index contributed by atoms with van der Waals surface area (Å²) < 4.78 is 41.2. The topological polar surface area (TPSA) is 131 Å². The fourth-order valence-electron chi connectivity index (χ4n) is 3.25. The van der Waals surface area contributed by atoms with Gasteiger partial charge in [-0.05, 0) is 30.3 Å². The van der Waals surface area contributed by atoms with Crippen LogP contribution in [0.1, 0.15) is 23.0 Å². The van der Waals surface area contributed by atoms with Crippen molar-refractivity contribution in [3.8, 4) is 23.5 Å². The smallest absolute Gasteiger partial charge is 0.350 e. The first-order valence-corrected chi connectivity index (χ1v) is 9.79. The van der Waals surface area contributed by atoms with Crippen molar-refractivity contribution < 1.29 is 18.3 Å². The maximum Gasteiger partial charge on any atom is 0.350 e. The maximum absolute atomic E-state index is 15.2. The van der Waals surface area contributed by atoms with Crippen LogP contribution < -0.4 is 20.5 Å². The monoisotopic (exact) mass is 465 g/mol. The van der Waals surface area contributed by atoms with Gasteiger partial charge < -0.3 is 14.8 Å². The van der Waals surface area contributed by atoms with Gasteiger partial charge in [0.05, 0.1) is 31.5 Å². The lowest BCUT2D eigenvalue weighted by Crippen LogP contribution is -2.18. The molecular formula is C22H17F2N7O3. The minimum atomic E-state index is -1.18. The zero-order valence-electron chi connectivity index (χ0n) is 17.9. The number of H-pyrrole nitrogens is 1. The van der Waals surface area contributed by atoms with E-state index in [1.54, 1.807) is 6.07 Å². The van der Waals surface area contributed by atoms with Crippen molar-refractivity contribution in [3.63, 3.8) is 0 Å². The number of hydrogen-bond donors (Lipinski definition) is 2. The Morgan fingerprint density at radius 2 is 1.79 bits per heavy atom. The third kappa shape index (κ3) is 4.26. The number of anilines is 1. The fourth-order valence-corrected chi connectivity index (χ4v) is 3.25. The summed E-state index contributed by atoms with van der Waals surface area (Å²) in [4.78, 5) is 23.1. The van der Waals surface area contributed by atoms with Gasteiger partial charge in [0, 0.05) is 24.0 Å². The molecule has 0 bridgehead atoms. The number of nitriles is 1. The normalized spacial score (nSPS) is 11.5. The molecule has 1 unspecified atom stereocenters. The minimum Gasteiger partial charge on any atom is -0.493 e. The summed E-state index contributed by atoms with van der Waals surface area (Å²) in [5, 5.41) is 16.0. The summed E-state index contributed by atoms with van der Waals surface area (Å²) in [6.07, 6.45) is 2.86. The van der Waals surface area contributed by atoms with E-state index in [0.717, 1.165) is 16.8 Å². The van der Waals surface area contributed by atoms with E-state index in [1.807, 2.05) is 6.07 Å². The summed E-state index contributed by atoms with van der Waals surface area (Å²) in [5.41, 5.74) is -0.647. The largest absolute Gasteiger partial charge is 0.493 e. The molecule has 0 saturated carbocycles. The molecule has 0 spiro atoms. The Morgan fingerprint density at radius 3 is 2.44 bits per heavy atom. The molecule has 10 nitrogen and oxygen atoms in total. The Morgan fingerprint density at radius 1 is 1.09 bits per heavy atom. The highest BCUT2D eigenvalue weighted by Gasteiger charge is 2.26. The van der Waals surface area contributed by atoms with Crippen LogP contribution in [0, 0.1) is 23.0 Å². The van der Waals surface area contributed by atoms with Gasteiger partial charge in [0.15, 0.2) is 17.3 Å².